The van der Waals surface area contributed by atoms with Crippen LogP contribution < -0.4 is 10.8 Å². The lowest BCUT2D eigenvalue weighted by Gasteiger charge is -2.16. The smallest absolute Gasteiger partial charge is 0.423 e. The molecule has 0 saturated carbocycles. The maximum Gasteiger partial charge on any atom is 0.493 e. The molecule has 0 bridgehead atoms. The zero-order valence-electron chi connectivity index (χ0n) is 9.05. The van der Waals surface area contributed by atoms with Gasteiger partial charge in [0.15, 0.2) is 0 Å². The van der Waals surface area contributed by atoms with Crippen LogP contribution in [0.2, 0.25) is 10.0 Å². The van der Waals surface area contributed by atoms with E-state index in [1.54, 1.807) is 6.07 Å². The molecule has 0 fully saturated rings. The second-order valence-electron chi connectivity index (χ2n) is 4.08. The molecule has 1 heterocycles. The maximum atomic E-state index is 9.63. The Bertz CT molecular complexity index is 426. The molecule has 0 aromatic heterocycles. The lowest BCUT2D eigenvalue weighted by molar-refractivity contribution is 0.275. The number of hydrogen-bond acceptors (Lipinski definition) is 3. The average molecular weight is 260 g/mol. The summed E-state index contributed by atoms with van der Waals surface area (Å²) in [4.78, 5) is 0. The van der Waals surface area contributed by atoms with Gasteiger partial charge in [0.05, 0.1) is 22.3 Å². The fourth-order valence-corrected chi connectivity index (χ4v) is 2.44. The van der Waals surface area contributed by atoms with Crippen molar-refractivity contribution >= 4 is 41.5 Å². The van der Waals surface area contributed by atoms with E-state index in [2.05, 4.69) is 5.32 Å². The monoisotopic (exact) mass is 259 g/mol. The minimum atomic E-state index is -0.951. The number of hydrogen-bond donors (Lipinski definition) is 2. The van der Waals surface area contributed by atoms with E-state index < -0.39 is 7.12 Å². The zero-order chi connectivity index (χ0) is 11.9. The SMILES string of the molecule is CC(C)Nc1c(Cl)cc2c(c1Cl)B(O)OC2. The van der Waals surface area contributed by atoms with E-state index >= 15 is 0 Å². The third kappa shape index (κ3) is 2.03. The van der Waals surface area contributed by atoms with Gasteiger partial charge in [-0.05, 0) is 25.5 Å². The van der Waals surface area contributed by atoms with Gasteiger partial charge in [-0.15, -0.1) is 0 Å². The first-order valence-corrected chi connectivity index (χ1v) is 5.83. The van der Waals surface area contributed by atoms with Crippen LogP contribution in [-0.2, 0) is 11.3 Å². The van der Waals surface area contributed by atoms with Gasteiger partial charge in [-0.2, -0.15) is 0 Å². The lowest BCUT2D eigenvalue weighted by Crippen LogP contribution is -2.30. The van der Waals surface area contributed by atoms with Crippen molar-refractivity contribution in [1.82, 2.24) is 0 Å². The highest BCUT2D eigenvalue weighted by Crippen LogP contribution is 2.33. The van der Waals surface area contributed by atoms with E-state index in [-0.39, 0.29) is 6.04 Å². The molecular formula is C10H12BCl2NO2. The summed E-state index contributed by atoms with van der Waals surface area (Å²) in [6.45, 7) is 4.33. The fourth-order valence-electron chi connectivity index (χ4n) is 1.74. The molecule has 1 aromatic rings. The summed E-state index contributed by atoms with van der Waals surface area (Å²) in [5, 5.41) is 13.8. The Hall–Kier alpha value is -0.415. The lowest BCUT2D eigenvalue weighted by atomic mass is 9.79. The summed E-state index contributed by atoms with van der Waals surface area (Å²) in [7, 11) is -0.951. The summed E-state index contributed by atoms with van der Waals surface area (Å²) >= 11 is 12.3. The molecule has 2 N–H and O–H groups in total. The van der Waals surface area contributed by atoms with E-state index in [0.717, 1.165) is 5.56 Å². The molecule has 1 aliphatic rings. The number of halogens is 2. The Labute approximate surface area is 105 Å². The Balaban J connectivity index is 2.51. The van der Waals surface area contributed by atoms with Crippen molar-refractivity contribution in [2.24, 2.45) is 0 Å². The van der Waals surface area contributed by atoms with Crippen molar-refractivity contribution in [3.8, 4) is 0 Å². The van der Waals surface area contributed by atoms with E-state index in [9.17, 15) is 5.02 Å². The number of fused-ring (bicyclic) bond motifs is 1. The maximum absolute atomic E-state index is 9.63. The van der Waals surface area contributed by atoms with Crippen LogP contribution in [0.4, 0.5) is 5.69 Å². The Kier molecular flexibility index (Phi) is 3.35. The van der Waals surface area contributed by atoms with Crippen molar-refractivity contribution in [3.63, 3.8) is 0 Å². The van der Waals surface area contributed by atoms with Gasteiger partial charge in [0, 0.05) is 11.5 Å². The highest BCUT2D eigenvalue weighted by molar-refractivity contribution is 6.66. The summed E-state index contributed by atoms with van der Waals surface area (Å²) < 4.78 is 5.10. The number of anilines is 1. The van der Waals surface area contributed by atoms with Crippen molar-refractivity contribution < 1.29 is 9.68 Å². The topological polar surface area (TPSA) is 41.5 Å². The summed E-state index contributed by atoms with van der Waals surface area (Å²) in [5.41, 5.74) is 2.12. The fraction of sp³-hybridized carbons (Fsp3) is 0.400. The minimum absolute atomic E-state index is 0.215. The first-order valence-electron chi connectivity index (χ1n) is 5.07. The molecule has 0 atom stereocenters. The van der Waals surface area contributed by atoms with Crippen LogP contribution in [-0.4, -0.2) is 18.2 Å². The van der Waals surface area contributed by atoms with E-state index in [0.29, 0.717) is 27.8 Å². The molecule has 0 radical (unpaired) electrons. The standard InChI is InChI=1S/C10H12BCl2NO2/c1-5(2)14-10-7(12)3-6-4-16-11(15)8(6)9(10)13/h3,5,14-15H,4H2,1-2H3. The van der Waals surface area contributed by atoms with Crippen LogP contribution in [0, 0.1) is 0 Å². The van der Waals surface area contributed by atoms with Gasteiger partial charge in [-0.25, -0.2) is 0 Å². The van der Waals surface area contributed by atoms with Gasteiger partial charge >= 0.3 is 7.12 Å². The van der Waals surface area contributed by atoms with Gasteiger partial charge in [0.1, 0.15) is 0 Å². The van der Waals surface area contributed by atoms with Crippen LogP contribution in [0.5, 0.6) is 0 Å². The molecule has 0 unspecified atom stereocenters. The zero-order valence-corrected chi connectivity index (χ0v) is 10.6. The molecular weight excluding hydrogens is 248 g/mol. The molecule has 2 rings (SSSR count). The molecule has 1 aromatic carbocycles. The first kappa shape index (κ1) is 12.1. The van der Waals surface area contributed by atoms with Gasteiger partial charge in [-0.3, -0.25) is 0 Å². The van der Waals surface area contributed by atoms with Crippen molar-refractivity contribution in [3.05, 3.63) is 21.7 Å². The molecule has 0 spiro atoms. The predicted octanol–water partition coefficient (Wildman–Crippen LogP) is 2.03. The quantitative estimate of drug-likeness (QED) is 0.799. The molecule has 6 heteroatoms. The van der Waals surface area contributed by atoms with Gasteiger partial charge in [-0.1, -0.05) is 23.2 Å². The Morgan fingerprint density at radius 3 is 2.81 bits per heavy atom. The predicted molar refractivity (Wildman–Crippen MR) is 67.6 cm³/mol. The Morgan fingerprint density at radius 1 is 1.50 bits per heavy atom. The highest BCUT2D eigenvalue weighted by atomic mass is 35.5. The van der Waals surface area contributed by atoms with Crippen LogP contribution in [0.1, 0.15) is 19.4 Å². The number of nitrogens with one attached hydrogen (secondary N) is 1. The normalized spacial score (nSPS) is 14.5. The van der Waals surface area contributed by atoms with Crippen molar-refractivity contribution in [2.75, 3.05) is 5.32 Å². The van der Waals surface area contributed by atoms with Crippen molar-refractivity contribution in [2.45, 2.75) is 26.5 Å². The molecule has 0 amide bonds. The van der Waals surface area contributed by atoms with Gasteiger partial charge in [0.25, 0.3) is 0 Å². The van der Waals surface area contributed by atoms with E-state index in [4.69, 9.17) is 27.9 Å². The molecule has 1 aliphatic heterocycles. The molecule has 0 aliphatic carbocycles. The Morgan fingerprint density at radius 2 is 2.19 bits per heavy atom. The molecule has 3 nitrogen and oxygen atoms in total. The molecule has 86 valence electrons. The van der Waals surface area contributed by atoms with Gasteiger partial charge in [0.2, 0.25) is 0 Å². The second kappa shape index (κ2) is 4.45. The van der Waals surface area contributed by atoms with E-state index in [1.807, 2.05) is 13.8 Å². The first-order chi connectivity index (χ1) is 7.50. The third-order valence-corrected chi connectivity index (χ3v) is 3.11. The largest absolute Gasteiger partial charge is 0.493 e. The van der Waals surface area contributed by atoms with Crippen LogP contribution in [0.15, 0.2) is 6.07 Å². The number of benzene rings is 1. The summed E-state index contributed by atoms with van der Waals surface area (Å²) in [6.07, 6.45) is 0. The van der Waals surface area contributed by atoms with Crippen LogP contribution >= 0.6 is 23.2 Å². The summed E-state index contributed by atoms with van der Waals surface area (Å²) in [6, 6.07) is 2.00. The highest BCUT2D eigenvalue weighted by Gasteiger charge is 2.32. The van der Waals surface area contributed by atoms with Crippen molar-refractivity contribution in [1.29, 1.82) is 0 Å². The summed E-state index contributed by atoms with van der Waals surface area (Å²) in [5.74, 6) is 0. The minimum Gasteiger partial charge on any atom is -0.423 e. The van der Waals surface area contributed by atoms with Crippen LogP contribution in [0.3, 0.4) is 0 Å². The number of rotatable bonds is 2. The third-order valence-electron chi connectivity index (χ3n) is 2.42. The van der Waals surface area contributed by atoms with Crippen LogP contribution in [0.25, 0.3) is 0 Å². The molecule has 16 heavy (non-hydrogen) atoms. The molecule has 0 saturated heterocycles. The second-order valence-corrected chi connectivity index (χ2v) is 4.87. The average Bonchev–Trinajstić information content (AvgIpc) is 2.54. The van der Waals surface area contributed by atoms with Gasteiger partial charge < -0.3 is 15.0 Å². The van der Waals surface area contributed by atoms with E-state index in [1.165, 1.54) is 0 Å².